The number of nitrogens with two attached hydrogens (primary N) is 1. The van der Waals surface area contributed by atoms with E-state index in [1.165, 1.54) is 0 Å². The highest BCUT2D eigenvalue weighted by Crippen LogP contribution is 2.32. The molecule has 9 heteroatoms. The van der Waals surface area contributed by atoms with Crippen molar-refractivity contribution < 1.29 is 22.8 Å². The number of rotatable bonds is 4. The number of fused-ring (bicyclic) bond motifs is 1. The number of para-hydroxylation sites is 2. The van der Waals surface area contributed by atoms with Crippen LogP contribution in [-0.4, -0.2) is 28.0 Å². The molecule has 2 aromatic rings. The highest BCUT2D eigenvalue weighted by Gasteiger charge is 2.43. The second kappa shape index (κ2) is 5.61. The van der Waals surface area contributed by atoms with Gasteiger partial charge in [0, 0.05) is 5.75 Å². The number of alkyl halides is 3. The summed E-state index contributed by atoms with van der Waals surface area (Å²) in [5.74, 6) is -3.43. The second-order valence-corrected chi connectivity index (χ2v) is 4.85. The van der Waals surface area contributed by atoms with Gasteiger partial charge < -0.3 is 15.4 Å². The van der Waals surface area contributed by atoms with E-state index in [1.54, 1.807) is 24.3 Å². The van der Waals surface area contributed by atoms with Gasteiger partial charge in [0.1, 0.15) is 11.4 Å². The number of thioether (sulfide) groups is 1. The van der Waals surface area contributed by atoms with Crippen LogP contribution in [0.1, 0.15) is 0 Å². The molecule has 0 aliphatic carbocycles. The zero-order chi connectivity index (χ0) is 14.8. The fourth-order valence-electron chi connectivity index (χ4n) is 1.48. The molecule has 0 amide bonds. The van der Waals surface area contributed by atoms with Gasteiger partial charge >= 0.3 is 6.18 Å². The molecule has 5 nitrogen and oxygen atoms in total. The zero-order valence-corrected chi connectivity index (χ0v) is 10.8. The highest BCUT2D eigenvalue weighted by atomic mass is 32.2. The number of oxazole rings is 1. The third-order valence-corrected chi connectivity index (χ3v) is 3.44. The minimum Gasteiger partial charge on any atom is -0.431 e. The average Bonchev–Trinajstić information content (AvgIpc) is 2.79. The molecule has 0 saturated heterocycles. The Kier molecular flexibility index (Phi) is 4.07. The molecule has 0 bridgehead atoms. The van der Waals surface area contributed by atoms with Crippen molar-refractivity contribution in [2.75, 3.05) is 5.75 Å². The maximum Gasteiger partial charge on any atom is 0.399 e. The highest BCUT2D eigenvalue weighted by molar-refractivity contribution is 7.99. The summed E-state index contributed by atoms with van der Waals surface area (Å²) in [6.07, 6.45) is -4.60. The van der Waals surface area contributed by atoms with Crippen molar-refractivity contribution in [2.45, 2.75) is 11.4 Å². The third-order valence-electron chi connectivity index (χ3n) is 2.52. The molecule has 0 aliphatic rings. The maximum atomic E-state index is 12.7. The summed E-state index contributed by atoms with van der Waals surface area (Å²) < 4.78 is 43.5. The molecule has 20 heavy (non-hydrogen) atoms. The van der Waals surface area contributed by atoms with E-state index in [4.69, 9.17) is 15.4 Å². The summed E-state index contributed by atoms with van der Waals surface area (Å²) in [6, 6.07) is 6.83. The predicted molar refractivity (Wildman–Crippen MR) is 67.7 cm³/mol. The number of oxime groups is 1. The van der Waals surface area contributed by atoms with Crippen LogP contribution in [0, 0.1) is 5.92 Å². The molecular weight excluding hydrogens is 295 g/mol. The van der Waals surface area contributed by atoms with E-state index in [1.807, 2.05) is 0 Å². The van der Waals surface area contributed by atoms with Crippen molar-refractivity contribution in [3.63, 3.8) is 0 Å². The molecule has 1 heterocycles. The Bertz CT molecular complexity index is 594. The van der Waals surface area contributed by atoms with Crippen LogP contribution in [0.25, 0.3) is 11.1 Å². The third kappa shape index (κ3) is 3.16. The van der Waals surface area contributed by atoms with Crippen molar-refractivity contribution in [3.8, 4) is 0 Å². The van der Waals surface area contributed by atoms with Crippen molar-refractivity contribution in [1.82, 2.24) is 4.98 Å². The molecule has 0 spiro atoms. The largest absolute Gasteiger partial charge is 0.431 e. The molecule has 108 valence electrons. The van der Waals surface area contributed by atoms with E-state index < -0.39 is 23.7 Å². The van der Waals surface area contributed by atoms with Crippen LogP contribution >= 0.6 is 11.8 Å². The number of hydrogen-bond acceptors (Lipinski definition) is 5. The number of benzene rings is 1. The molecule has 2 rings (SSSR count). The van der Waals surface area contributed by atoms with Crippen LogP contribution in [0.4, 0.5) is 13.2 Å². The van der Waals surface area contributed by atoms with Crippen LogP contribution in [0.3, 0.4) is 0 Å². The molecule has 0 saturated carbocycles. The Balaban J connectivity index is 2.13. The number of aromatic nitrogens is 1. The van der Waals surface area contributed by atoms with Crippen molar-refractivity contribution in [3.05, 3.63) is 24.3 Å². The van der Waals surface area contributed by atoms with Gasteiger partial charge in [-0.3, -0.25) is 0 Å². The summed E-state index contributed by atoms with van der Waals surface area (Å²) in [6.45, 7) is 0. The van der Waals surface area contributed by atoms with Crippen LogP contribution in [0.2, 0.25) is 0 Å². The van der Waals surface area contributed by atoms with Crippen LogP contribution in [0.5, 0.6) is 0 Å². The molecule has 1 aromatic carbocycles. The summed E-state index contributed by atoms with van der Waals surface area (Å²) in [4.78, 5) is 4.04. The average molecular weight is 305 g/mol. The SMILES string of the molecule is N/C(=N/O)C(CSc1nc2ccccc2o1)C(F)(F)F. The number of nitrogens with zero attached hydrogens (tertiary/aromatic N) is 2. The number of hydrogen-bond donors (Lipinski definition) is 2. The van der Waals surface area contributed by atoms with E-state index in [2.05, 4.69) is 10.1 Å². The van der Waals surface area contributed by atoms with Gasteiger partial charge in [-0.25, -0.2) is 4.98 Å². The first-order valence-electron chi connectivity index (χ1n) is 5.44. The van der Waals surface area contributed by atoms with E-state index >= 15 is 0 Å². The van der Waals surface area contributed by atoms with Crippen molar-refractivity contribution >= 4 is 28.7 Å². The molecule has 1 aromatic heterocycles. The molecule has 1 atom stereocenters. The van der Waals surface area contributed by atoms with E-state index in [0.717, 1.165) is 11.8 Å². The van der Waals surface area contributed by atoms with Crippen LogP contribution < -0.4 is 5.73 Å². The molecule has 1 unspecified atom stereocenters. The monoisotopic (exact) mass is 305 g/mol. The Labute approximate surface area is 115 Å². The first kappa shape index (κ1) is 14.5. The molecule has 0 aliphatic heterocycles. The van der Waals surface area contributed by atoms with Gasteiger partial charge in [0.2, 0.25) is 0 Å². The van der Waals surface area contributed by atoms with Crippen molar-refractivity contribution in [1.29, 1.82) is 0 Å². The Morgan fingerprint density at radius 2 is 2.15 bits per heavy atom. The smallest absolute Gasteiger partial charge is 0.399 e. The molecule has 0 radical (unpaired) electrons. The first-order chi connectivity index (χ1) is 9.41. The quantitative estimate of drug-likeness (QED) is 0.298. The Morgan fingerprint density at radius 1 is 1.45 bits per heavy atom. The lowest BCUT2D eigenvalue weighted by Crippen LogP contribution is -2.37. The standard InChI is InChI=1S/C11H10F3N3O2S/c12-11(13,14)6(9(15)17-18)5-20-10-16-7-3-1-2-4-8(7)19-10/h1-4,6,18H,5H2,(H2,15,17). The van der Waals surface area contributed by atoms with Gasteiger partial charge in [-0.15, -0.1) is 0 Å². The van der Waals surface area contributed by atoms with E-state index in [-0.39, 0.29) is 5.22 Å². The van der Waals surface area contributed by atoms with Gasteiger partial charge in [0.05, 0.1) is 0 Å². The van der Waals surface area contributed by atoms with Crippen LogP contribution in [-0.2, 0) is 0 Å². The molecule has 0 fully saturated rings. The van der Waals surface area contributed by atoms with E-state index in [0.29, 0.717) is 11.1 Å². The Morgan fingerprint density at radius 3 is 2.75 bits per heavy atom. The predicted octanol–water partition coefficient (Wildman–Crippen LogP) is 2.84. The van der Waals surface area contributed by atoms with Gasteiger partial charge in [0.15, 0.2) is 11.4 Å². The van der Waals surface area contributed by atoms with E-state index in [9.17, 15) is 13.2 Å². The zero-order valence-electron chi connectivity index (χ0n) is 9.96. The lowest BCUT2D eigenvalue weighted by molar-refractivity contribution is -0.150. The fourth-order valence-corrected chi connectivity index (χ4v) is 2.47. The lowest BCUT2D eigenvalue weighted by atomic mass is 10.1. The minimum atomic E-state index is -4.60. The maximum absolute atomic E-state index is 12.7. The van der Waals surface area contributed by atoms with Gasteiger partial charge in [-0.1, -0.05) is 29.1 Å². The lowest BCUT2D eigenvalue weighted by Gasteiger charge is -2.17. The van der Waals surface area contributed by atoms with Gasteiger partial charge in [-0.05, 0) is 12.1 Å². The topological polar surface area (TPSA) is 84.6 Å². The minimum absolute atomic E-state index is 0.103. The van der Waals surface area contributed by atoms with Crippen LogP contribution in [0.15, 0.2) is 39.1 Å². The molecule has 3 N–H and O–H groups in total. The second-order valence-electron chi connectivity index (χ2n) is 3.88. The number of amidine groups is 1. The first-order valence-corrected chi connectivity index (χ1v) is 6.43. The summed E-state index contributed by atoms with van der Waals surface area (Å²) >= 11 is 0.755. The van der Waals surface area contributed by atoms with Crippen molar-refractivity contribution in [2.24, 2.45) is 16.8 Å². The Hall–Kier alpha value is -1.90. The summed E-state index contributed by atoms with van der Waals surface area (Å²) in [5, 5.41) is 10.9. The van der Waals surface area contributed by atoms with Gasteiger partial charge in [-0.2, -0.15) is 13.2 Å². The van der Waals surface area contributed by atoms with Gasteiger partial charge in [0.25, 0.3) is 5.22 Å². The number of halogens is 3. The fraction of sp³-hybridized carbons (Fsp3) is 0.273. The molecular formula is C11H10F3N3O2S. The summed E-state index contributed by atoms with van der Waals surface area (Å²) in [7, 11) is 0. The summed E-state index contributed by atoms with van der Waals surface area (Å²) in [5.41, 5.74) is 6.10. The normalized spacial score (nSPS) is 14.7.